The summed E-state index contributed by atoms with van der Waals surface area (Å²) in [7, 11) is 5.85. The third kappa shape index (κ3) is 6.87. The zero-order valence-corrected chi connectivity index (χ0v) is 15.8. The van der Waals surface area contributed by atoms with Crippen LogP contribution in [0.25, 0.3) is 0 Å². The van der Waals surface area contributed by atoms with Gasteiger partial charge in [0.2, 0.25) is 5.75 Å². The number of benzene rings is 1. The van der Waals surface area contributed by atoms with E-state index in [1.165, 1.54) is 33.8 Å². The minimum absolute atomic E-state index is 0.0908. The molecular weight excluding hydrogens is 352 g/mol. The maximum absolute atomic E-state index is 9.90. The molecule has 146 valence electrons. The summed E-state index contributed by atoms with van der Waals surface area (Å²) in [5.41, 5.74) is 1.22. The van der Waals surface area contributed by atoms with Crippen LogP contribution in [0.5, 0.6) is 17.2 Å². The fourth-order valence-corrected chi connectivity index (χ4v) is 1.93. The van der Waals surface area contributed by atoms with Crippen LogP contribution in [0.1, 0.15) is 5.56 Å². The Labute approximate surface area is 158 Å². The molecule has 27 heavy (non-hydrogen) atoms. The average molecular weight is 376 g/mol. The monoisotopic (exact) mass is 376 g/mol. The number of ether oxygens (including phenoxy) is 4. The van der Waals surface area contributed by atoms with E-state index in [4.69, 9.17) is 18.9 Å². The maximum atomic E-state index is 9.90. The molecule has 0 aliphatic rings. The van der Waals surface area contributed by atoms with Gasteiger partial charge in [-0.1, -0.05) is 6.58 Å². The van der Waals surface area contributed by atoms with E-state index in [0.717, 1.165) is 0 Å². The lowest BCUT2D eigenvalue weighted by molar-refractivity contribution is 0.233. The van der Waals surface area contributed by atoms with Crippen LogP contribution in [0.4, 0.5) is 0 Å². The first-order valence-electron chi connectivity index (χ1n) is 7.81. The summed E-state index contributed by atoms with van der Waals surface area (Å²) >= 11 is 0. The Morgan fingerprint density at radius 2 is 1.74 bits per heavy atom. The fourth-order valence-electron chi connectivity index (χ4n) is 1.93. The van der Waals surface area contributed by atoms with Gasteiger partial charge in [0.15, 0.2) is 17.3 Å². The van der Waals surface area contributed by atoms with Gasteiger partial charge in [0, 0.05) is 12.7 Å². The van der Waals surface area contributed by atoms with Crippen molar-refractivity contribution in [2.45, 2.75) is 0 Å². The molecule has 0 saturated carbocycles. The normalized spacial score (nSPS) is 12.6. The van der Waals surface area contributed by atoms with Crippen LogP contribution in [0.3, 0.4) is 0 Å². The van der Waals surface area contributed by atoms with Gasteiger partial charge in [0.05, 0.1) is 40.4 Å². The Bertz CT molecular complexity index is 740. The van der Waals surface area contributed by atoms with E-state index in [0.29, 0.717) is 17.7 Å². The molecule has 1 aromatic carbocycles. The highest BCUT2D eigenvalue weighted by Gasteiger charge is 2.10. The highest BCUT2D eigenvalue weighted by molar-refractivity contribution is 5.85. The molecule has 0 radical (unpaired) electrons. The summed E-state index contributed by atoms with van der Waals surface area (Å²) in [6.07, 6.45) is 6.22. The van der Waals surface area contributed by atoms with Crippen molar-refractivity contribution in [3.05, 3.63) is 53.5 Å². The first-order chi connectivity index (χ1) is 13.0. The molecule has 0 aliphatic heterocycles. The topological polar surface area (TPSA) is 102 Å². The Morgan fingerprint density at radius 3 is 2.22 bits per heavy atom. The first-order valence-corrected chi connectivity index (χ1v) is 7.81. The molecule has 0 aromatic heterocycles. The molecule has 2 N–H and O–H groups in total. The third-order valence-electron chi connectivity index (χ3n) is 3.27. The molecule has 0 spiro atoms. The molecule has 0 bridgehead atoms. The van der Waals surface area contributed by atoms with E-state index in [2.05, 4.69) is 16.8 Å². The zero-order chi connectivity index (χ0) is 20.2. The van der Waals surface area contributed by atoms with Crippen molar-refractivity contribution in [3.63, 3.8) is 0 Å². The Morgan fingerprint density at radius 1 is 1.11 bits per heavy atom. The summed E-state index contributed by atoms with van der Waals surface area (Å²) < 4.78 is 20.2. The molecule has 8 nitrogen and oxygen atoms in total. The van der Waals surface area contributed by atoms with Crippen LogP contribution in [0, 0.1) is 0 Å². The van der Waals surface area contributed by atoms with Crippen LogP contribution in [-0.4, -0.2) is 57.7 Å². The number of hydrogen-bond acceptors (Lipinski definition) is 8. The predicted octanol–water partition coefficient (Wildman–Crippen LogP) is 2.99. The van der Waals surface area contributed by atoms with Gasteiger partial charge in [-0.2, -0.15) is 10.2 Å². The molecule has 0 atom stereocenters. The molecule has 8 heteroatoms. The molecule has 0 aliphatic carbocycles. The van der Waals surface area contributed by atoms with Crippen molar-refractivity contribution < 1.29 is 29.2 Å². The number of aliphatic hydroxyl groups is 1. The lowest BCUT2D eigenvalue weighted by atomic mass is 10.2. The number of hydrogen-bond donors (Lipinski definition) is 2. The van der Waals surface area contributed by atoms with Crippen molar-refractivity contribution in [1.29, 1.82) is 0 Å². The van der Waals surface area contributed by atoms with Gasteiger partial charge < -0.3 is 29.2 Å². The second-order valence-electron chi connectivity index (χ2n) is 5.08. The quantitative estimate of drug-likeness (QED) is 0.282. The molecule has 0 unspecified atom stereocenters. The van der Waals surface area contributed by atoms with Gasteiger partial charge in [-0.3, -0.25) is 0 Å². The zero-order valence-electron chi connectivity index (χ0n) is 15.8. The molecule has 0 heterocycles. The first kappa shape index (κ1) is 21.8. The summed E-state index contributed by atoms with van der Waals surface area (Å²) in [4.78, 5) is 0. The van der Waals surface area contributed by atoms with Crippen molar-refractivity contribution in [2.75, 3.05) is 35.0 Å². The number of phenolic OH excluding ortho intramolecular Hbond substituents is 1. The van der Waals surface area contributed by atoms with E-state index in [1.54, 1.807) is 31.4 Å². The number of phenols is 1. The second-order valence-corrected chi connectivity index (χ2v) is 5.08. The van der Waals surface area contributed by atoms with E-state index >= 15 is 0 Å². The van der Waals surface area contributed by atoms with Crippen LogP contribution in [-0.2, 0) is 9.47 Å². The summed E-state index contributed by atoms with van der Waals surface area (Å²) in [5, 5.41) is 27.3. The fraction of sp³-hybridized carbons (Fsp3) is 0.263. The van der Waals surface area contributed by atoms with Gasteiger partial charge in [-0.25, -0.2) is 0 Å². The average Bonchev–Trinajstić information content (AvgIpc) is 2.67. The van der Waals surface area contributed by atoms with E-state index < -0.39 is 0 Å². The van der Waals surface area contributed by atoms with Crippen molar-refractivity contribution in [1.82, 2.24) is 0 Å². The van der Waals surface area contributed by atoms with Crippen LogP contribution >= 0.6 is 0 Å². The number of allylic oxidation sites excluding steroid dienone is 2. The number of aliphatic hydroxyl groups excluding tert-OH is 1. The summed E-state index contributed by atoms with van der Waals surface area (Å²) in [5.74, 6) is 0.415. The molecular formula is C19H24N2O6. The standard InChI is InChI=1S/C19H24N2O6/c1-13(22)16(25-3)8-14(6-7-24-2)11-20-21-12-15-9-17(26-4)19(23)18(10-15)27-5/h6,8-12,22-23H,1,7H2,2-5H3/b14-6+,16-8+,20-11?,21-12?. The SMILES string of the molecule is C=C(O)/C(=C\C(C=NN=Cc1cc(OC)c(O)c(OC)c1)=C/COC)OC. The number of rotatable bonds is 10. The molecule has 1 rings (SSSR count). The molecule has 0 fully saturated rings. The number of methoxy groups -OCH3 is 4. The number of aromatic hydroxyl groups is 1. The third-order valence-corrected chi connectivity index (χ3v) is 3.27. The highest BCUT2D eigenvalue weighted by Crippen LogP contribution is 2.36. The van der Waals surface area contributed by atoms with Gasteiger partial charge in [0.25, 0.3) is 0 Å². The number of nitrogens with zero attached hydrogens (tertiary/aromatic N) is 2. The van der Waals surface area contributed by atoms with Gasteiger partial charge in [-0.15, -0.1) is 0 Å². The molecule has 0 amide bonds. The summed E-state index contributed by atoms with van der Waals surface area (Å²) in [6, 6.07) is 3.19. The van der Waals surface area contributed by atoms with Crippen molar-refractivity contribution in [3.8, 4) is 17.2 Å². The Hall–Kier alpha value is -3.26. The van der Waals surface area contributed by atoms with Crippen LogP contribution < -0.4 is 9.47 Å². The second kappa shape index (κ2) is 11.4. The van der Waals surface area contributed by atoms with Crippen LogP contribution in [0.2, 0.25) is 0 Å². The van der Waals surface area contributed by atoms with Crippen molar-refractivity contribution >= 4 is 12.4 Å². The smallest absolute Gasteiger partial charge is 0.200 e. The van der Waals surface area contributed by atoms with E-state index in [9.17, 15) is 10.2 Å². The van der Waals surface area contributed by atoms with Crippen LogP contribution in [0.15, 0.2) is 58.2 Å². The lowest BCUT2D eigenvalue weighted by Gasteiger charge is -2.08. The largest absolute Gasteiger partial charge is 0.505 e. The minimum Gasteiger partial charge on any atom is -0.505 e. The lowest BCUT2D eigenvalue weighted by Crippen LogP contribution is -1.94. The maximum Gasteiger partial charge on any atom is 0.200 e. The Kier molecular flexibility index (Phi) is 9.18. The minimum atomic E-state index is -0.207. The van der Waals surface area contributed by atoms with E-state index in [1.807, 2.05) is 0 Å². The summed E-state index contributed by atoms with van der Waals surface area (Å²) in [6.45, 7) is 3.76. The predicted molar refractivity (Wildman–Crippen MR) is 104 cm³/mol. The van der Waals surface area contributed by atoms with Gasteiger partial charge in [0.1, 0.15) is 5.76 Å². The molecule has 1 aromatic rings. The van der Waals surface area contributed by atoms with Gasteiger partial charge in [-0.05, 0) is 29.9 Å². The van der Waals surface area contributed by atoms with Crippen molar-refractivity contribution in [2.24, 2.45) is 10.2 Å². The van der Waals surface area contributed by atoms with Gasteiger partial charge >= 0.3 is 0 Å². The Balaban J connectivity index is 3.04. The highest BCUT2D eigenvalue weighted by atomic mass is 16.5. The van der Waals surface area contributed by atoms with E-state index in [-0.39, 0.29) is 28.8 Å². The molecule has 0 saturated heterocycles.